The van der Waals surface area contributed by atoms with Crippen LogP contribution in [0.1, 0.15) is 32.1 Å². The fraction of sp³-hybridized carbons (Fsp3) is 0.579. The molecule has 3 heterocycles. The third-order valence-electron chi connectivity index (χ3n) is 5.23. The van der Waals surface area contributed by atoms with Crippen LogP contribution in [0.5, 0.6) is 11.5 Å². The van der Waals surface area contributed by atoms with Crippen LogP contribution >= 0.6 is 0 Å². The first kappa shape index (κ1) is 16.2. The van der Waals surface area contributed by atoms with Crippen molar-refractivity contribution in [3.63, 3.8) is 0 Å². The fourth-order valence-corrected chi connectivity index (χ4v) is 3.87. The molecule has 6 heteroatoms. The Kier molecular flexibility index (Phi) is 4.51. The molecule has 3 aliphatic heterocycles. The van der Waals surface area contributed by atoms with E-state index >= 15 is 0 Å². The summed E-state index contributed by atoms with van der Waals surface area (Å²) in [4.78, 5) is 29.0. The Morgan fingerprint density at radius 3 is 2.48 bits per heavy atom. The Balaban J connectivity index is 1.47. The Morgan fingerprint density at radius 1 is 1.00 bits per heavy atom. The third-order valence-corrected chi connectivity index (χ3v) is 5.23. The van der Waals surface area contributed by atoms with Crippen molar-refractivity contribution >= 4 is 17.5 Å². The van der Waals surface area contributed by atoms with Crippen LogP contribution in [0.25, 0.3) is 0 Å². The molecule has 2 saturated heterocycles. The number of rotatable bonds is 2. The number of nitrogens with zero attached hydrogens (tertiary/aromatic N) is 2. The van der Waals surface area contributed by atoms with Gasteiger partial charge in [0.2, 0.25) is 11.8 Å². The number of carbonyl (C=O) groups excluding carboxylic acids is 2. The van der Waals surface area contributed by atoms with Crippen molar-refractivity contribution in [2.24, 2.45) is 5.92 Å². The molecule has 0 aliphatic carbocycles. The first-order chi connectivity index (χ1) is 12.2. The van der Waals surface area contributed by atoms with E-state index in [4.69, 9.17) is 9.47 Å². The van der Waals surface area contributed by atoms with Gasteiger partial charge in [-0.2, -0.15) is 0 Å². The lowest BCUT2D eigenvalue weighted by atomic mass is 10.1. The Morgan fingerprint density at radius 2 is 1.72 bits per heavy atom. The number of carbonyl (C=O) groups is 2. The first-order valence-electron chi connectivity index (χ1n) is 9.21. The van der Waals surface area contributed by atoms with E-state index < -0.39 is 0 Å². The molecule has 134 valence electrons. The van der Waals surface area contributed by atoms with Crippen molar-refractivity contribution in [3.05, 3.63) is 18.2 Å². The molecule has 0 aromatic heterocycles. The highest BCUT2D eigenvalue weighted by molar-refractivity contribution is 6.00. The number of likely N-dealkylation sites (tertiary alicyclic amines) is 1. The van der Waals surface area contributed by atoms with E-state index in [2.05, 4.69) is 0 Å². The maximum atomic E-state index is 12.8. The van der Waals surface area contributed by atoms with Crippen molar-refractivity contribution < 1.29 is 19.1 Å². The number of hydrogen-bond acceptors (Lipinski definition) is 4. The maximum Gasteiger partial charge on any atom is 0.228 e. The van der Waals surface area contributed by atoms with Gasteiger partial charge in [0.15, 0.2) is 11.5 Å². The van der Waals surface area contributed by atoms with Gasteiger partial charge in [0.25, 0.3) is 0 Å². The fourth-order valence-electron chi connectivity index (χ4n) is 3.87. The van der Waals surface area contributed by atoms with Crippen LogP contribution in [0.2, 0.25) is 0 Å². The number of ether oxygens (including phenoxy) is 2. The van der Waals surface area contributed by atoms with Gasteiger partial charge in [-0.1, -0.05) is 12.8 Å². The normalized spacial score (nSPS) is 23.5. The molecule has 25 heavy (non-hydrogen) atoms. The minimum Gasteiger partial charge on any atom is -0.486 e. The zero-order chi connectivity index (χ0) is 17.2. The van der Waals surface area contributed by atoms with Crippen molar-refractivity contribution in [2.45, 2.75) is 32.1 Å². The van der Waals surface area contributed by atoms with E-state index in [0.717, 1.165) is 31.6 Å². The molecule has 1 aromatic rings. The van der Waals surface area contributed by atoms with Gasteiger partial charge in [0.05, 0.1) is 5.92 Å². The molecule has 0 bridgehead atoms. The minimum absolute atomic E-state index is 0.00449. The van der Waals surface area contributed by atoms with Crippen LogP contribution in [0, 0.1) is 5.92 Å². The molecule has 0 saturated carbocycles. The van der Waals surface area contributed by atoms with Crippen LogP contribution in [-0.4, -0.2) is 49.6 Å². The average Bonchev–Trinajstić information content (AvgIpc) is 2.85. The summed E-state index contributed by atoms with van der Waals surface area (Å²) < 4.78 is 11.1. The number of benzene rings is 1. The van der Waals surface area contributed by atoms with Crippen LogP contribution < -0.4 is 14.4 Å². The summed E-state index contributed by atoms with van der Waals surface area (Å²) in [7, 11) is 0. The molecule has 1 atom stereocenters. The van der Waals surface area contributed by atoms with Crippen LogP contribution in [0.4, 0.5) is 5.69 Å². The second kappa shape index (κ2) is 6.94. The number of anilines is 1. The largest absolute Gasteiger partial charge is 0.486 e. The van der Waals surface area contributed by atoms with Crippen molar-refractivity contribution in [3.8, 4) is 11.5 Å². The van der Waals surface area contributed by atoms with Gasteiger partial charge < -0.3 is 19.3 Å². The Bertz CT molecular complexity index is 667. The topological polar surface area (TPSA) is 59.1 Å². The molecule has 1 unspecified atom stereocenters. The second-order valence-electron chi connectivity index (χ2n) is 6.97. The highest BCUT2D eigenvalue weighted by Crippen LogP contribution is 2.36. The summed E-state index contributed by atoms with van der Waals surface area (Å²) in [5, 5.41) is 0. The zero-order valence-electron chi connectivity index (χ0n) is 14.4. The zero-order valence-corrected chi connectivity index (χ0v) is 14.4. The highest BCUT2D eigenvalue weighted by atomic mass is 16.6. The van der Waals surface area contributed by atoms with Crippen LogP contribution in [0.15, 0.2) is 18.2 Å². The molecule has 6 nitrogen and oxygen atoms in total. The van der Waals surface area contributed by atoms with Crippen molar-refractivity contribution in [1.29, 1.82) is 0 Å². The van der Waals surface area contributed by atoms with E-state index in [1.54, 1.807) is 4.90 Å². The lowest BCUT2D eigenvalue weighted by molar-refractivity contribution is -0.135. The first-order valence-corrected chi connectivity index (χ1v) is 9.21. The van der Waals surface area contributed by atoms with Crippen molar-refractivity contribution in [1.82, 2.24) is 4.90 Å². The van der Waals surface area contributed by atoms with Crippen LogP contribution in [0.3, 0.4) is 0 Å². The predicted octanol–water partition coefficient (Wildman–Crippen LogP) is 2.21. The van der Waals surface area contributed by atoms with Gasteiger partial charge in [-0.05, 0) is 25.0 Å². The van der Waals surface area contributed by atoms with Gasteiger partial charge in [0, 0.05) is 37.8 Å². The van der Waals surface area contributed by atoms with Crippen LogP contribution in [-0.2, 0) is 9.59 Å². The Labute approximate surface area is 147 Å². The van der Waals surface area contributed by atoms with E-state index in [9.17, 15) is 9.59 Å². The smallest absolute Gasteiger partial charge is 0.228 e. The van der Waals surface area contributed by atoms with Gasteiger partial charge in [0.1, 0.15) is 13.2 Å². The molecule has 0 N–H and O–H groups in total. The highest BCUT2D eigenvalue weighted by Gasteiger charge is 2.37. The summed E-state index contributed by atoms with van der Waals surface area (Å²) in [6.45, 7) is 3.16. The molecular formula is C19H24N2O4. The lowest BCUT2D eigenvalue weighted by Crippen LogP contribution is -2.38. The standard InChI is InChI=1S/C19H24N2O4/c22-18-11-14(19(23)20-7-3-1-2-4-8-20)13-21(18)15-5-6-16-17(12-15)25-10-9-24-16/h5-6,12,14H,1-4,7-11,13H2. The average molecular weight is 344 g/mol. The summed E-state index contributed by atoms with van der Waals surface area (Å²) >= 11 is 0. The molecule has 3 aliphatic rings. The molecule has 2 amide bonds. The number of amides is 2. The van der Waals surface area contributed by atoms with Crippen molar-refractivity contribution in [2.75, 3.05) is 37.7 Å². The predicted molar refractivity (Wildman–Crippen MR) is 92.9 cm³/mol. The molecule has 1 aromatic carbocycles. The number of hydrogen-bond donors (Lipinski definition) is 0. The van der Waals surface area contributed by atoms with Gasteiger partial charge >= 0.3 is 0 Å². The van der Waals surface area contributed by atoms with Gasteiger partial charge in [-0.25, -0.2) is 0 Å². The molecular weight excluding hydrogens is 320 g/mol. The van der Waals surface area contributed by atoms with E-state index in [1.807, 2.05) is 23.1 Å². The quantitative estimate of drug-likeness (QED) is 0.825. The molecule has 4 rings (SSSR count). The van der Waals surface area contributed by atoms with Gasteiger partial charge in [-0.3, -0.25) is 9.59 Å². The van der Waals surface area contributed by atoms with E-state index in [0.29, 0.717) is 37.7 Å². The number of fused-ring (bicyclic) bond motifs is 1. The van der Waals surface area contributed by atoms with E-state index in [1.165, 1.54) is 12.8 Å². The summed E-state index contributed by atoms with van der Waals surface area (Å²) in [5.41, 5.74) is 0.778. The second-order valence-corrected chi connectivity index (χ2v) is 6.97. The molecule has 0 spiro atoms. The lowest BCUT2D eigenvalue weighted by Gasteiger charge is -2.24. The summed E-state index contributed by atoms with van der Waals surface area (Å²) in [6.07, 6.45) is 4.81. The summed E-state index contributed by atoms with van der Waals surface area (Å²) in [6, 6.07) is 5.54. The summed E-state index contributed by atoms with van der Waals surface area (Å²) in [5.74, 6) is 1.27. The maximum absolute atomic E-state index is 12.8. The SMILES string of the molecule is O=C(C1CC(=O)N(c2ccc3c(c2)OCCO3)C1)N1CCCCCC1. The monoisotopic (exact) mass is 344 g/mol. The molecule has 0 radical (unpaired) electrons. The van der Waals surface area contributed by atoms with Gasteiger partial charge in [-0.15, -0.1) is 0 Å². The Hall–Kier alpha value is -2.24. The molecule has 2 fully saturated rings. The minimum atomic E-state index is -0.237. The van der Waals surface area contributed by atoms with E-state index in [-0.39, 0.29) is 17.7 Å². The third kappa shape index (κ3) is 3.30.